The number of amides is 2. The van der Waals surface area contributed by atoms with E-state index >= 15 is 0 Å². The molecule has 1 aromatic heterocycles. The Hall–Kier alpha value is -3.09. The van der Waals surface area contributed by atoms with Crippen molar-refractivity contribution in [1.29, 1.82) is 0 Å². The van der Waals surface area contributed by atoms with Crippen LogP contribution in [0.1, 0.15) is 53.0 Å². The largest absolute Gasteiger partial charge is 0.459 e. The number of furan rings is 1. The molecule has 0 bridgehead atoms. The van der Waals surface area contributed by atoms with Gasteiger partial charge in [-0.2, -0.15) is 0 Å². The molecule has 148 valence electrons. The van der Waals surface area contributed by atoms with Gasteiger partial charge in [-0.15, -0.1) is 0 Å². The summed E-state index contributed by atoms with van der Waals surface area (Å²) in [6.45, 7) is 0.336. The first-order valence-corrected chi connectivity index (χ1v) is 9.50. The monoisotopic (exact) mass is 384 g/mol. The third kappa shape index (κ3) is 5.70. The molecule has 1 saturated carbocycles. The van der Waals surface area contributed by atoms with E-state index in [4.69, 9.17) is 9.15 Å². The van der Waals surface area contributed by atoms with E-state index in [0.29, 0.717) is 23.7 Å². The van der Waals surface area contributed by atoms with Crippen LogP contribution in [0.25, 0.3) is 0 Å². The number of nitrogens with one attached hydrogen (secondary N) is 2. The lowest BCUT2D eigenvalue weighted by Gasteiger charge is -2.21. The van der Waals surface area contributed by atoms with E-state index in [1.54, 1.807) is 24.3 Å². The summed E-state index contributed by atoms with van der Waals surface area (Å²) < 4.78 is 10.1. The predicted molar refractivity (Wildman–Crippen MR) is 103 cm³/mol. The molecule has 7 heteroatoms. The predicted octanol–water partition coefficient (Wildman–Crippen LogP) is 3.39. The van der Waals surface area contributed by atoms with E-state index in [9.17, 15) is 14.4 Å². The SMILES string of the molecule is O=C(COC(=O)c1ccc(NC(=O)c2ccco2)cc1)NCC1CCCCC1. The van der Waals surface area contributed by atoms with E-state index in [-0.39, 0.29) is 24.2 Å². The number of benzene rings is 1. The van der Waals surface area contributed by atoms with Gasteiger partial charge in [0.15, 0.2) is 12.4 Å². The quantitative estimate of drug-likeness (QED) is 0.713. The second-order valence-electron chi connectivity index (χ2n) is 6.89. The minimum atomic E-state index is -0.586. The average Bonchev–Trinajstić information content (AvgIpc) is 3.27. The third-order valence-electron chi connectivity index (χ3n) is 4.77. The van der Waals surface area contributed by atoms with Gasteiger partial charge < -0.3 is 19.8 Å². The zero-order chi connectivity index (χ0) is 19.8. The Balaban J connectivity index is 1.41. The van der Waals surface area contributed by atoms with Crippen LogP contribution in [0, 0.1) is 5.92 Å². The summed E-state index contributed by atoms with van der Waals surface area (Å²) in [5.41, 5.74) is 0.819. The molecule has 0 aliphatic heterocycles. The Morgan fingerprint density at radius 1 is 1.04 bits per heavy atom. The molecule has 1 fully saturated rings. The highest BCUT2D eigenvalue weighted by atomic mass is 16.5. The lowest BCUT2D eigenvalue weighted by molar-refractivity contribution is -0.124. The van der Waals surface area contributed by atoms with E-state index in [1.807, 2.05) is 0 Å². The molecule has 1 aliphatic carbocycles. The molecule has 0 spiro atoms. The normalized spacial score (nSPS) is 14.3. The molecule has 2 amide bonds. The van der Waals surface area contributed by atoms with E-state index in [2.05, 4.69) is 10.6 Å². The van der Waals surface area contributed by atoms with Gasteiger partial charge in [0.05, 0.1) is 11.8 Å². The molecule has 1 aromatic carbocycles. The molecule has 2 N–H and O–H groups in total. The summed E-state index contributed by atoms with van der Waals surface area (Å²) in [5.74, 6) is -0.534. The molecular weight excluding hydrogens is 360 g/mol. The minimum Gasteiger partial charge on any atom is -0.459 e. The van der Waals surface area contributed by atoms with Gasteiger partial charge in [-0.25, -0.2) is 4.79 Å². The van der Waals surface area contributed by atoms with Gasteiger partial charge in [-0.05, 0) is 55.2 Å². The van der Waals surface area contributed by atoms with E-state index < -0.39 is 5.97 Å². The lowest BCUT2D eigenvalue weighted by Crippen LogP contribution is -2.33. The highest BCUT2D eigenvalue weighted by Gasteiger charge is 2.15. The van der Waals surface area contributed by atoms with Crippen molar-refractivity contribution in [2.24, 2.45) is 5.92 Å². The number of hydrogen-bond donors (Lipinski definition) is 2. The molecule has 1 aliphatic rings. The molecule has 0 radical (unpaired) electrons. The Morgan fingerprint density at radius 3 is 2.46 bits per heavy atom. The summed E-state index contributed by atoms with van der Waals surface area (Å²) in [6.07, 6.45) is 7.40. The second-order valence-corrected chi connectivity index (χ2v) is 6.89. The number of esters is 1. The maximum absolute atomic E-state index is 12.1. The maximum atomic E-state index is 12.1. The molecule has 3 rings (SSSR count). The van der Waals surface area contributed by atoms with Crippen molar-refractivity contribution >= 4 is 23.5 Å². The molecule has 28 heavy (non-hydrogen) atoms. The van der Waals surface area contributed by atoms with E-state index in [1.165, 1.54) is 37.7 Å². The fourth-order valence-electron chi connectivity index (χ4n) is 3.20. The lowest BCUT2D eigenvalue weighted by atomic mass is 9.89. The molecule has 7 nitrogen and oxygen atoms in total. The van der Waals surface area contributed by atoms with Crippen LogP contribution in [0.3, 0.4) is 0 Å². The molecule has 1 heterocycles. The summed E-state index contributed by atoms with van der Waals surface area (Å²) in [4.78, 5) is 35.8. The Labute approximate surface area is 163 Å². The second kappa shape index (κ2) is 9.73. The van der Waals surface area contributed by atoms with Crippen molar-refractivity contribution < 1.29 is 23.5 Å². The molecule has 0 atom stereocenters. The number of carbonyl (C=O) groups excluding carboxylic acids is 3. The minimum absolute atomic E-state index is 0.197. The van der Waals surface area contributed by atoms with Gasteiger partial charge in [0.2, 0.25) is 0 Å². The summed E-state index contributed by atoms with van der Waals surface area (Å²) in [7, 11) is 0. The Morgan fingerprint density at radius 2 is 1.79 bits per heavy atom. The first kappa shape index (κ1) is 19.7. The standard InChI is InChI=1S/C21H24N2O5/c24-19(22-13-15-5-2-1-3-6-15)14-28-21(26)16-8-10-17(11-9-16)23-20(25)18-7-4-12-27-18/h4,7-12,15H,1-3,5-6,13-14H2,(H,22,24)(H,23,25). The zero-order valence-corrected chi connectivity index (χ0v) is 15.6. The summed E-state index contributed by atoms with van der Waals surface area (Å²) in [6, 6.07) is 9.40. The number of rotatable bonds is 7. The van der Waals surface area contributed by atoms with Crippen molar-refractivity contribution in [3.05, 3.63) is 54.0 Å². The van der Waals surface area contributed by atoms with Crippen LogP contribution in [0.2, 0.25) is 0 Å². The molecule has 0 unspecified atom stereocenters. The van der Waals surface area contributed by atoms with Gasteiger partial charge in [-0.1, -0.05) is 19.3 Å². The van der Waals surface area contributed by atoms with Gasteiger partial charge >= 0.3 is 5.97 Å². The third-order valence-corrected chi connectivity index (χ3v) is 4.77. The number of anilines is 1. The maximum Gasteiger partial charge on any atom is 0.338 e. The number of carbonyl (C=O) groups is 3. The zero-order valence-electron chi connectivity index (χ0n) is 15.6. The number of hydrogen-bond acceptors (Lipinski definition) is 5. The first-order valence-electron chi connectivity index (χ1n) is 9.50. The average molecular weight is 384 g/mol. The van der Waals surface area contributed by atoms with Crippen LogP contribution in [0.4, 0.5) is 5.69 Å². The van der Waals surface area contributed by atoms with Gasteiger partial charge in [0.25, 0.3) is 11.8 Å². The van der Waals surface area contributed by atoms with Crippen LogP contribution in [0.5, 0.6) is 0 Å². The van der Waals surface area contributed by atoms with Crippen molar-refractivity contribution in [3.8, 4) is 0 Å². The van der Waals surface area contributed by atoms with Gasteiger partial charge in [0, 0.05) is 12.2 Å². The Bertz CT molecular complexity index is 793. The fraction of sp³-hybridized carbons (Fsp3) is 0.381. The van der Waals surface area contributed by atoms with Crippen molar-refractivity contribution in [1.82, 2.24) is 5.32 Å². The van der Waals surface area contributed by atoms with Crippen LogP contribution < -0.4 is 10.6 Å². The topological polar surface area (TPSA) is 97.6 Å². The van der Waals surface area contributed by atoms with Crippen LogP contribution in [0.15, 0.2) is 47.1 Å². The van der Waals surface area contributed by atoms with Gasteiger partial charge in [-0.3, -0.25) is 9.59 Å². The van der Waals surface area contributed by atoms with Crippen LogP contribution >= 0.6 is 0 Å². The van der Waals surface area contributed by atoms with Gasteiger partial charge in [0.1, 0.15) is 0 Å². The fourth-order valence-corrected chi connectivity index (χ4v) is 3.20. The molecule has 2 aromatic rings. The summed E-state index contributed by atoms with van der Waals surface area (Å²) in [5, 5.41) is 5.49. The number of ether oxygens (including phenoxy) is 1. The van der Waals surface area contributed by atoms with Crippen LogP contribution in [-0.4, -0.2) is 30.9 Å². The smallest absolute Gasteiger partial charge is 0.338 e. The molecule has 0 saturated heterocycles. The summed E-state index contributed by atoms with van der Waals surface area (Å²) >= 11 is 0. The Kier molecular flexibility index (Phi) is 6.84. The molecular formula is C21H24N2O5. The van der Waals surface area contributed by atoms with Crippen LogP contribution in [-0.2, 0) is 9.53 Å². The van der Waals surface area contributed by atoms with E-state index in [0.717, 1.165) is 12.8 Å². The van der Waals surface area contributed by atoms with Crippen molar-refractivity contribution in [2.45, 2.75) is 32.1 Å². The van der Waals surface area contributed by atoms with Crippen molar-refractivity contribution in [2.75, 3.05) is 18.5 Å². The highest BCUT2D eigenvalue weighted by molar-refractivity contribution is 6.02. The highest BCUT2D eigenvalue weighted by Crippen LogP contribution is 2.22. The van der Waals surface area contributed by atoms with Crippen molar-refractivity contribution in [3.63, 3.8) is 0 Å². The first-order chi connectivity index (χ1) is 13.6.